The molecular weight excluding hydrogens is 242 g/mol. The third kappa shape index (κ3) is 3.53. The molecule has 0 saturated carbocycles. The van der Waals surface area contributed by atoms with Crippen molar-refractivity contribution in [3.8, 4) is 0 Å². The van der Waals surface area contributed by atoms with E-state index >= 15 is 0 Å². The zero-order valence-corrected chi connectivity index (χ0v) is 12.8. The Hall–Kier alpha value is -0.450. The van der Waals surface area contributed by atoms with Crippen LogP contribution in [0.5, 0.6) is 0 Å². The number of thiazole rings is 1. The van der Waals surface area contributed by atoms with Crippen LogP contribution < -0.4 is 0 Å². The molecule has 2 heterocycles. The summed E-state index contributed by atoms with van der Waals surface area (Å²) in [5.41, 5.74) is 1.26. The molecule has 18 heavy (non-hydrogen) atoms. The number of hydrogen-bond donors (Lipinski definition) is 0. The van der Waals surface area contributed by atoms with E-state index in [1.807, 2.05) is 0 Å². The average Bonchev–Trinajstić information content (AvgIpc) is 2.72. The highest BCUT2D eigenvalue weighted by atomic mass is 32.1. The highest BCUT2D eigenvalue weighted by molar-refractivity contribution is 7.09. The Morgan fingerprint density at radius 2 is 2.22 bits per heavy atom. The van der Waals surface area contributed by atoms with Gasteiger partial charge in [-0.25, -0.2) is 4.98 Å². The molecule has 3 nitrogen and oxygen atoms in total. The third-order valence-corrected chi connectivity index (χ3v) is 4.60. The first kappa shape index (κ1) is 14.0. The number of rotatable bonds is 4. The Kier molecular flexibility index (Phi) is 4.76. The average molecular weight is 267 g/mol. The van der Waals surface area contributed by atoms with Gasteiger partial charge in [-0.05, 0) is 27.7 Å². The molecule has 1 aromatic rings. The van der Waals surface area contributed by atoms with Crippen molar-refractivity contribution in [2.45, 2.75) is 46.2 Å². The van der Waals surface area contributed by atoms with Crippen molar-refractivity contribution in [3.05, 3.63) is 16.1 Å². The van der Waals surface area contributed by atoms with E-state index in [4.69, 9.17) is 0 Å². The van der Waals surface area contributed by atoms with Gasteiger partial charge in [-0.15, -0.1) is 11.3 Å². The summed E-state index contributed by atoms with van der Waals surface area (Å²) in [5, 5.41) is 3.38. The van der Waals surface area contributed by atoms with E-state index < -0.39 is 0 Å². The van der Waals surface area contributed by atoms with Gasteiger partial charge in [-0.3, -0.25) is 4.90 Å². The number of piperazine rings is 1. The van der Waals surface area contributed by atoms with Crippen molar-refractivity contribution in [2.24, 2.45) is 0 Å². The van der Waals surface area contributed by atoms with Crippen molar-refractivity contribution in [2.75, 3.05) is 26.2 Å². The smallest absolute Gasteiger partial charge is 0.0897 e. The molecule has 4 heteroatoms. The van der Waals surface area contributed by atoms with E-state index in [0.717, 1.165) is 13.0 Å². The molecule has 1 aliphatic heterocycles. The van der Waals surface area contributed by atoms with Gasteiger partial charge in [0.1, 0.15) is 0 Å². The summed E-state index contributed by atoms with van der Waals surface area (Å²) < 4.78 is 0. The van der Waals surface area contributed by atoms with E-state index in [-0.39, 0.29) is 0 Å². The molecule has 102 valence electrons. The van der Waals surface area contributed by atoms with Crippen LogP contribution in [0.1, 0.15) is 31.5 Å². The molecule has 0 N–H and O–H groups in total. The third-order valence-electron chi connectivity index (χ3n) is 3.78. The first-order chi connectivity index (χ1) is 8.56. The second-order valence-electron chi connectivity index (χ2n) is 5.59. The number of aromatic nitrogens is 1. The summed E-state index contributed by atoms with van der Waals surface area (Å²) in [7, 11) is 0. The predicted octanol–water partition coefficient (Wildman–Crippen LogP) is 2.41. The molecular formula is C14H25N3S. The first-order valence-corrected chi connectivity index (χ1v) is 7.83. The quantitative estimate of drug-likeness (QED) is 0.835. The second kappa shape index (κ2) is 6.13. The van der Waals surface area contributed by atoms with E-state index in [2.05, 4.69) is 47.9 Å². The van der Waals surface area contributed by atoms with E-state index in [0.29, 0.717) is 12.1 Å². The SMILES string of the molecule is Cc1nc(CCN2CCN(C(C)C)[C@H](C)C2)cs1. The maximum atomic E-state index is 4.54. The Morgan fingerprint density at radius 3 is 2.78 bits per heavy atom. The van der Waals surface area contributed by atoms with Gasteiger partial charge in [0.15, 0.2) is 0 Å². The van der Waals surface area contributed by atoms with Crippen molar-refractivity contribution in [1.29, 1.82) is 0 Å². The summed E-state index contributed by atoms with van der Waals surface area (Å²) in [6.07, 6.45) is 1.10. The number of nitrogens with zero attached hydrogens (tertiary/aromatic N) is 3. The van der Waals surface area contributed by atoms with Gasteiger partial charge >= 0.3 is 0 Å². The van der Waals surface area contributed by atoms with Crippen LogP contribution in [-0.2, 0) is 6.42 Å². The lowest BCUT2D eigenvalue weighted by molar-refractivity contribution is 0.0609. The Bertz CT molecular complexity index is 375. The lowest BCUT2D eigenvalue weighted by Crippen LogP contribution is -2.54. The molecule has 1 saturated heterocycles. The largest absolute Gasteiger partial charge is 0.300 e. The van der Waals surface area contributed by atoms with Crippen LogP contribution in [0.2, 0.25) is 0 Å². The van der Waals surface area contributed by atoms with Gasteiger partial charge in [0.2, 0.25) is 0 Å². The summed E-state index contributed by atoms with van der Waals surface area (Å²) in [4.78, 5) is 9.72. The zero-order chi connectivity index (χ0) is 13.1. The van der Waals surface area contributed by atoms with Crippen LogP contribution in [0, 0.1) is 6.92 Å². The van der Waals surface area contributed by atoms with Crippen LogP contribution in [0.25, 0.3) is 0 Å². The topological polar surface area (TPSA) is 19.4 Å². The Morgan fingerprint density at radius 1 is 1.44 bits per heavy atom. The van der Waals surface area contributed by atoms with Crippen LogP contribution in [-0.4, -0.2) is 53.0 Å². The van der Waals surface area contributed by atoms with E-state index in [9.17, 15) is 0 Å². The van der Waals surface area contributed by atoms with Crippen molar-refractivity contribution >= 4 is 11.3 Å². The van der Waals surface area contributed by atoms with E-state index in [1.54, 1.807) is 11.3 Å². The molecule has 0 bridgehead atoms. The van der Waals surface area contributed by atoms with Crippen LogP contribution in [0.4, 0.5) is 0 Å². The van der Waals surface area contributed by atoms with Gasteiger partial charge in [-0.1, -0.05) is 0 Å². The molecule has 0 radical (unpaired) electrons. The van der Waals surface area contributed by atoms with Crippen molar-refractivity contribution < 1.29 is 0 Å². The van der Waals surface area contributed by atoms with Gasteiger partial charge in [0, 0.05) is 50.1 Å². The normalized spacial score (nSPS) is 22.8. The fourth-order valence-corrected chi connectivity index (χ4v) is 3.46. The van der Waals surface area contributed by atoms with Gasteiger partial charge in [-0.2, -0.15) is 0 Å². The predicted molar refractivity (Wildman–Crippen MR) is 78.3 cm³/mol. The second-order valence-corrected chi connectivity index (χ2v) is 6.65. The van der Waals surface area contributed by atoms with Crippen LogP contribution in [0.3, 0.4) is 0 Å². The highest BCUT2D eigenvalue weighted by Crippen LogP contribution is 2.14. The monoisotopic (exact) mass is 267 g/mol. The summed E-state index contributed by atoms with van der Waals surface area (Å²) in [6, 6.07) is 1.35. The fraction of sp³-hybridized carbons (Fsp3) is 0.786. The summed E-state index contributed by atoms with van der Waals surface area (Å²) in [6.45, 7) is 13.8. The van der Waals surface area contributed by atoms with E-state index in [1.165, 1.54) is 30.3 Å². The lowest BCUT2D eigenvalue weighted by Gasteiger charge is -2.42. The van der Waals surface area contributed by atoms with Gasteiger partial charge in [0.25, 0.3) is 0 Å². The lowest BCUT2D eigenvalue weighted by atomic mass is 10.1. The van der Waals surface area contributed by atoms with Gasteiger partial charge in [0.05, 0.1) is 10.7 Å². The molecule has 0 aromatic carbocycles. The van der Waals surface area contributed by atoms with Crippen LogP contribution in [0.15, 0.2) is 5.38 Å². The Balaban J connectivity index is 1.79. The molecule has 0 unspecified atom stereocenters. The molecule has 0 aliphatic carbocycles. The standard InChI is InChI=1S/C14H25N3S/c1-11(2)17-8-7-16(9-12(17)3)6-5-14-10-18-13(4)15-14/h10-12H,5-9H2,1-4H3/t12-/m1/s1. The molecule has 0 amide bonds. The molecule has 2 rings (SSSR count). The number of aryl methyl sites for hydroxylation is 1. The van der Waals surface area contributed by atoms with Crippen molar-refractivity contribution in [1.82, 2.24) is 14.8 Å². The molecule has 1 fully saturated rings. The molecule has 1 atom stereocenters. The van der Waals surface area contributed by atoms with Gasteiger partial charge < -0.3 is 4.90 Å². The zero-order valence-electron chi connectivity index (χ0n) is 12.0. The minimum atomic E-state index is 0.670. The number of hydrogen-bond acceptors (Lipinski definition) is 4. The Labute approximate surface area is 115 Å². The fourth-order valence-electron chi connectivity index (χ4n) is 2.81. The minimum absolute atomic E-state index is 0.670. The summed E-state index contributed by atoms with van der Waals surface area (Å²) >= 11 is 1.76. The molecule has 0 spiro atoms. The maximum Gasteiger partial charge on any atom is 0.0897 e. The molecule has 1 aliphatic rings. The summed E-state index contributed by atoms with van der Waals surface area (Å²) in [5.74, 6) is 0. The van der Waals surface area contributed by atoms with Crippen molar-refractivity contribution in [3.63, 3.8) is 0 Å². The van der Waals surface area contributed by atoms with Crippen LogP contribution >= 0.6 is 11.3 Å². The first-order valence-electron chi connectivity index (χ1n) is 6.95. The minimum Gasteiger partial charge on any atom is -0.300 e. The maximum absolute atomic E-state index is 4.54. The molecule has 1 aromatic heterocycles. The highest BCUT2D eigenvalue weighted by Gasteiger charge is 2.24.